The van der Waals surface area contributed by atoms with Crippen LogP contribution < -0.4 is 5.32 Å². The van der Waals surface area contributed by atoms with E-state index in [0.717, 1.165) is 33.5 Å². The van der Waals surface area contributed by atoms with Crippen molar-refractivity contribution in [1.29, 1.82) is 0 Å². The van der Waals surface area contributed by atoms with E-state index >= 15 is 0 Å². The molecule has 0 aliphatic rings. The molecule has 150 valence electrons. The van der Waals surface area contributed by atoms with Gasteiger partial charge in [0, 0.05) is 29.2 Å². The number of likely N-dealkylation sites (N-methyl/N-ethyl adjacent to an activating group) is 1. The van der Waals surface area contributed by atoms with Crippen LogP contribution in [0.3, 0.4) is 0 Å². The fourth-order valence-electron chi connectivity index (χ4n) is 3.16. The molecule has 2 aromatic carbocycles. The summed E-state index contributed by atoms with van der Waals surface area (Å²) in [5, 5.41) is 3.62. The number of hydrogen-bond donors (Lipinski definition) is 1. The van der Waals surface area contributed by atoms with E-state index in [-0.39, 0.29) is 23.6 Å². The lowest BCUT2D eigenvalue weighted by atomic mass is 10.1. The van der Waals surface area contributed by atoms with Gasteiger partial charge in [-0.15, -0.1) is 11.8 Å². The highest BCUT2D eigenvalue weighted by Crippen LogP contribution is 2.30. The number of nitrogens with zero attached hydrogens (tertiary/aromatic N) is 2. The number of amides is 2. The number of hydrogen-bond acceptors (Lipinski definition) is 4. The number of nitrogens with one attached hydrogen (secondary N) is 1. The number of benzene rings is 2. The van der Waals surface area contributed by atoms with Gasteiger partial charge in [-0.25, -0.2) is 0 Å². The Balaban J connectivity index is 1.62. The zero-order valence-corrected chi connectivity index (χ0v) is 17.7. The van der Waals surface area contributed by atoms with E-state index in [4.69, 9.17) is 0 Å². The second-order valence-corrected chi connectivity index (χ2v) is 8.22. The second kappa shape index (κ2) is 9.56. The molecule has 1 heterocycles. The van der Waals surface area contributed by atoms with Gasteiger partial charge in [-0.3, -0.25) is 14.6 Å². The fraction of sp³-hybridized carbons (Fsp3) is 0.261. The van der Waals surface area contributed by atoms with Crippen molar-refractivity contribution in [3.05, 3.63) is 66.4 Å². The standard InChI is InChI=1S/C23H25N3O2S/c1-4-17-9-5-7-11-19(17)25-22(27)15-26(3)23(28)16(2)29-21-13-14-24-20-12-8-6-10-18(20)21/h5-14,16H,4,15H2,1-3H3,(H,25,27). The van der Waals surface area contributed by atoms with Crippen LogP contribution in [0.25, 0.3) is 10.9 Å². The van der Waals surface area contributed by atoms with E-state index in [1.165, 1.54) is 16.7 Å². The van der Waals surface area contributed by atoms with Crippen molar-refractivity contribution >= 4 is 40.2 Å². The molecule has 2 amide bonds. The highest BCUT2D eigenvalue weighted by atomic mass is 32.2. The topological polar surface area (TPSA) is 62.3 Å². The number of fused-ring (bicyclic) bond motifs is 1. The summed E-state index contributed by atoms with van der Waals surface area (Å²) in [7, 11) is 1.66. The maximum Gasteiger partial charge on any atom is 0.243 e. The van der Waals surface area contributed by atoms with E-state index in [9.17, 15) is 9.59 Å². The van der Waals surface area contributed by atoms with E-state index in [0.29, 0.717) is 0 Å². The Bertz CT molecular complexity index is 1020. The minimum Gasteiger partial charge on any atom is -0.335 e. The number of pyridine rings is 1. The summed E-state index contributed by atoms with van der Waals surface area (Å²) < 4.78 is 0. The molecule has 5 nitrogen and oxygen atoms in total. The quantitative estimate of drug-likeness (QED) is 0.591. The van der Waals surface area contributed by atoms with Crippen LogP contribution in [0.2, 0.25) is 0 Å². The largest absolute Gasteiger partial charge is 0.335 e. The first-order valence-electron chi connectivity index (χ1n) is 9.62. The molecule has 0 fully saturated rings. The summed E-state index contributed by atoms with van der Waals surface area (Å²) in [6.45, 7) is 3.92. The number of aryl methyl sites for hydroxylation is 1. The first kappa shape index (κ1) is 20.9. The van der Waals surface area contributed by atoms with Crippen molar-refractivity contribution in [2.24, 2.45) is 0 Å². The van der Waals surface area contributed by atoms with E-state index in [1.54, 1.807) is 13.2 Å². The normalized spacial score (nSPS) is 11.8. The molecule has 0 aliphatic carbocycles. The molecule has 3 rings (SSSR count). The zero-order valence-electron chi connectivity index (χ0n) is 16.9. The van der Waals surface area contributed by atoms with Crippen molar-refractivity contribution in [2.45, 2.75) is 30.4 Å². The Labute approximate surface area is 175 Å². The van der Waals surface area contributed by atoms with Crippen LogP contribution in [0.15, 0.2) is 65.7 Å². The first-order chi connectivity index (χ1) is 14.0. The lowest BCUT2D eigenvalue weighted by Crippen LogP contribution is -2.39. The average molecular weight is 408 g/mol. The van der Waals surface area contributed by atoms with Crippen LogP contribution in [0.4, 0.5) is 5.69 Å². The van der Waals surface area contributed by atoms with Gasteiger partial charge in [0.25, 0.3) is 0 Å². The van der Waals surface area contributed by atoms with Gasteiger partial charge >= 0.3 is 0 Å². The predicted molar refractivity (Wildman–Crippen MR) is 119 cm³/mol. The van der Waals surface area contributed by atoms with Gasteiger partial charge in [0.15, 0.2) is 0 Å². The molecule has 1 atom stereocenters. The van der Waals surface area contributed by atoms with Crippen LogP contribution in [0.5, 0.6) is 0 Å². The molecule has 1 unspecified atom stereocenters. The molecule has 0 radical (unpaired) electrons. The molecule has 0 aliphatic heterocycles. The Morgan fingerprint density at radius 3 is 2.62 bits per heavy atom. The molecule has 0 saturated carbocycles. The summed E-state index contributed by atoms with van der Waals surface area (Å²) in [5.74, 6) is -0.289. The Morgan fingerprint density at radius 2 is 1.83 bits per heavy atom. The second-order valence-electron chi connectivity index (χ2n) is 6.84. The third-order valence-electron chi connectivity index (χ3n) is 4.69. The van der Waals surface area contributed by atoms with Crippen LogP contribution in [0, 0.1) is 0 Å². The van der Waals surface area contributed by atoms with Crippen LogP contribution in [-0.2, 0) is 16.0 Å². The van der Waals surface area contributed by atoms with Gasteiger partial charge in [-0.1, -0.05) is 43.3 Å². The van der Waals surface area contributed by atoms with Gasteiger partial charge < -0.3 is 10.2 Å². The molecule has 1 aromatic heterocycles. The van der Waals surface area contributed by atoms with Crippen molar-refractivity contribution in [2.75, 3.05) is 18.9 Å². The highest BCUT2D eigenvalue weighted by molar-refractivity contribution is 8.00. The molecular formula is C23H25N3O2S. The van der Waals surface area contributed by atoms with Crippen LogP contribution in [0.1, 0.15) is 19.4 Å². The number of rotatable bonds is 7. The maximum atomic E-state index is 12.8. The summed E-state index contributed by atoms with van der Waals surface area (Å²) in [5.41, 5.74) is 2.77. The lowest BCUT2D eigenvalue weighted by molar-refractivity contribution is -0.132. The number of aromatic nitrogens is 1. The average Bonchev–Trinajstić information content (AvgIpc) is 2.73. The minimum atomic E-state index is -0.318. The van der Waals surface area contributed by atoms with Gasteiger partial charge in [-0.05, 0) is 37.1 Å². The third kappa shape index (κ3) is 5.15. The third-order valence-corrected chi connectivity index (χ3v) is 5.86. The van der Waals surface area contributed by atoms with Gasteiger partial charge in [-0.2, -0.15) is 0 Å². The van der Waals surface area contributed by atoms with E-state index in [1.807, 2.05) is 68.4 Å². The molecule has 6 heteroatoms. The molecule has 0 spiro atoms. The Kier molecular flexibility index (Phi) is 6.88. The summed E-state index contributed by atoms with van der Waals surface area (Å²) in [6.07, 6.45) is 2.59. The van der Waals surface area contributed by atoms with Gasteiger partial charge in [0.2, 0.25) is 11.8 Å². The monoisotopic (exact) mass is 407 g/mol. The number of carbonyl (C=O) groups is 2. The maximum absolute atomic E-state index is 12.8. The summed E-state index contributed by atoms with van der Waals surface area (Å²) >= 11 is 1.48. The lowest BCUT2D eigenvalue weighted by Gasteiger charge is -2.21. The summed E-state index contributed by atoms with van der Waals surface area (Å²) in [6, 6.07) is 17.5. The Morgan fingerprint density at radius 1 is 1.10 bits per heavy atom. The Hall–Kier alpha value is -2.86. The SMILES string of the molecule is CCc1ccccc1NC(=O)CN(C)C(=O)C(C)Sc1ccnc2ccccc12. The van der Waals surface area contributed by atoms with E-state index < -0.39 is 0 Å². The molecule has 3 aromatic rings. The van der Waals surface area contributed by atoms with Gasteiger partial charge in [0.05, 0.1) is 17.3 Å². The highest BCUT2D eigenvalue weighted by Gasteiger charge is 2.21. The summed E-state index contributed by atoms with van der Waals surface area (Å²) in [4.78, 5) is 32.1. The van der Waals surface area contributed by atoms with Crippen molar-refractivity contribution in [3.63, 3.8) is 0 Å². The van der Waals surface area contributed by atoms with Crippen molar-refractivity contribution in [3.8, 4) is 0 Å². The smallest absolute Gasteiger partial charge is 0.243 e. The number of carbonyl (C=O) groups excluding carboxylic acids is 2. The molecule has 29 heavy (non-hydrogen) atoms. The van der Waals surface area contributed by atoms with Gasteiger partial charge in [0.1, 0.15) is 0 Å². The molecule has 0 saturated heterocycles. The number of para-hydroxylation sites is 2. The number of thioether (sulfide) groups is 1. The predicted octanol–water partition coefficient (Wildman–Crippen LogP) is 4.37. The first-order valence-corrected chi connectivity index (χ1v) is 10.5. The molecular weight excluding hydrogens is 382 g/mol. The van der Waals surface area contributed by atoms with Crippen molar-refractivity contribution < 1.29 is 9.59 Å². The zero-order chi connectivity index (χ0) is 20.8. The number of anilines is 1. The fourth-order valence-corrected chi connectivity index (χ4v) is 4.26. The molecule has 1 N–H and O–H groups in total. The van der Waals surface area contributed by atoms with Crippen molar-refractivity contribution in [1.82, 2.24) is 9.88 Å². The van der Waals surface area contributed by atoms with Crippen LogP contribution >= 0.6 is 11.8 Å². The molecule has 0 bridgehead atoms. The van der Waals surface area contributed by atoms with E-state index in [2.05, 4.69) is 10.3 Å². The minimum absolute atomic E-state index is 0.0128. The van der Waals surface area contributed by atoms with Crippen LogP contribution in [-0.4, -0.2) is 40.5 Å².